The summed E-state index contributed by atoms with van der Waals surface area (Å²) in [6, 6.07) is 1.67. The van der Waals surface area contributed by atoms with E-state index in [0.717, 1.165) is 41.7 Å². The van der Waals surface area contributed by atoms with Crippen molar-refractivity contribution in [3.63, 3.8) is 0 Å². The highest BCUT2D eigenvalue weighted by molar-refractivity contribution is 8.14. The number of thiophene rings is 1. The molecule has 1 aromatic rings. The maximum Gasteiger partial charge on any atom is 0.279 e. The molecule has 0 aromatic carbocycles. The number of carbonyl (C=O) groups is 2. The summed E-state index contributed by atoms with van der Waals surface area (Å²) in [5, 5.41) is 18.3. The molecule has 20 heavy (non-hydrogen) atoms. The fraction of sp³-hybridized carbons (Fsp3) is 0.417. The van der Waals surface area contributed by atoms with Gasteiger partial charge in [0.2, 0.25) is 5.91 Å². The second-order valence-electron chi connectivity index (χ2n) is 4.53. The first kappa shape index (κ1) is 13.4. The third-order valence-corrected chi connectivity index (χ3v) is 5.29. The summed E-state index contributed by atoms with van der Waals surface area (Å²) in [5.41, 5.74) is 1.60. The topological polar surface area (TPSA) is 94.0 Å². The number of nitrogens with zero attached hydrogens (tertiary/aromatic N) is 1. The summed E-state index contributed by atoms with van der Waals surface area (Å²) in [6.45, 7) is 1.59. The van der Waals surface area contributed by atoms with E-state index in [1.54, 1.807) is 0 Å². The third kappa shape index (κ3) is 2.40. The fourth-order valence-corrected chi connectivity index (χ4v) is 4.21. The van der Waals surface area contributed by atoms with Gasteiger partial charge in [0.05, 0.1) is 5.56 Å². The maximum atomic E-state index is 12.1. The fourth-order valence-electron chi connectivity index (χ4n) is 2.27. The van der Waals surface area contributed by atoms with E-state index < -0.39 is 6.04 Å². The lowest BCUT2D eigenvalue weighted by Gasteiger charge is -2.11. The van der Waals surface area contributed by atoms with E-state index in [0.29, 0.717) is 16.3 Å². The van der Waals surface area contributed by atoms with Gasteiger partial charge in [-0.2, -0.15) is 5.26 Å². The Morgan fingerprint density at radius 1 is 1.50 bits per heavy atom. The Balaban J connectivity index is 1.80. The summed E-state index contributed by atoms with van der Waals surface area (Å²) >= 11 is 2.54. The van der Waals surface area contributed by atoms with Crippen LogP contribution >= 0.6 is 23.1 Å². The third-order valence-electron chi connectivity index (χ3n) is 3.27. The van der Waals surface area contributed by atoms with Crippen LogP contribution in [0.4, 0.5) is 9.80 Å². The standard InChI is InChI=1S/C12H12N4O2S2/c13-3-7-6-1-2-14-4-9(6)20-11(7)16-10(17)8-5-19-12(18)15-8/h8,14H,1-2,4-5H2,(H,15,18)(H,16,17). The number of anilines is 1. The first-order valence-corrected chi connectivity index (χ1v) is 7.98. The Morgan fingerprint density at radius 2 is 2.35 bits per heavy atom. The number of hydrogen-bond acceptors (Lipinski definition) is 6. The van der Waals surface area contributed by atoms with Crippen LogP contribution in [0.2, 0.25) is 0 Å². The summed E-state index contributed by atoms with van der Waals surface area (Å²) in [6.07, 6.45) is 0.806. The van der Waals surface area contributed by atoms with Crippen LogP contribution in [0, 0.1) is 11.3 Å². The van der Waals surface area contributed by atoms with E-state index in [-0.39, 0.29) is 11.1 Å². The number of nitriles is 1. The minimum absolute atomic E-state index is 0.180. The zero-order valence-corrected chi connectivity index (χ0v) is 12.1. The van der Waals surface area contributed by atoms with E-state index in [4.69, 9.17) is 0 Å². The molecule has 2 aliphatic rings. The van der Waals surface area contributed by atoms with Crippen molar-refractivity contribution in [1.82, 2.24) is 10.6 Å². The van der Waals surface area contributed by atoms with Gasteiger partial charge in [0.15, 0.2) is 0 Å². The molecule has 0 aliphatic carbocycles. The van der Waals surface area contributed by atoms with Crippen LogP contribution < -0.4 is 16.0 Å². The van der Waals surface area contributed by atoms with Crippen molar-refractivity contribution in [3.8, 4) is 6.07 Å². The predicted octanol–water partition coefficient (Wildman–Crippen LogP) is 1.03. The molecule has 2 amide bonds. The summed E-state index contributed by atoms with van der Waals surface area (Å²) < 4.78 is 0. The van der Waals surface area contributed by atoms with Crippen molar-refractivity contribution < 1.29 is 9.59 Å². The Labute approximate surface area is 123 Å². The van der Waals surface area contributed by atoms with Crippen LogP contribution in [0.3, 0.4) is 0 Å². The molecule has 104 valence electrons. The monoisotopic (exact) mass is 308 g/mol. The molecule has 3 rings (SSSR count). The van der Waals surface area contributed by atoms with E-state index in [1.165, 1.54) is 11.3 Å². The predicted molar refractivity (Wildman–Crippen MR) is 77.9 cm³/mol. The van der Waals surface area contributed by atoms with E-state index >= 15 is 0 Å². The van der Waals surface area contributed by atoms with Gasteiger partial charge in [-0.3, -0.25) is 9.59 Å². The van der Waals surface area contributed by atoms with E-state index in [2.05, 4.69) is 22.0 Å². The molecule has 8 heteroatoms. The number of hydrogen-bond donors (Lipinski definition) is 3. The summed E-state index contributed by atoms with van der Waals surface area (Å²) in [5.74, 6) is 0.172. The second kappa shape index (κ2) is 5.44. The number of carbonyl (C=O) groups excluding carboxylic acids is 2. The first-order chi connectivity index (χ1) is 9.69. The molecule has 0 bridgehead atoms. The van der Waals surface area contributed by atoms with Gasteiger partial charge in [-0.25, -0.2) is 0 Å². The molecule has 0 saturated carbocycles. The molecule has 3 heterocycles. The molecule has 1 unspecified atom stereocenters. The van der Waals surface area contributed by atoms with Crippen molar-refractivity contribution in [2.45, 2.75) is 19.0 Å². The molecule has 6 nitrogen and oxygen atoms in total. The molecule has 1 saturated heterocycles. The molecule has 0 radical (unpaired) electrons. The molecule has 0 spiro atoms. The van der Waals surface area contributed by atoms with Crippen molar-refractivity contribution in [3.05, 3.63) is 16.0 Å². The zero-order valence-electron chi connectivity index (χ0n) is 10.5. The van der Waals surface area contributed by atoms with Gasteiger partial charge >= 0.3 is 0 Å². The Kier molecular flexibility index (Phi) is 3.65. The molecule has 1 atom stereocenters. The van der Waals surface area contributed by atoms with Crippen LogP contribution in [0.5, 0.6) is 0 Å². The number of thioether (sulfide) groups is 1. The Bertz CT molecular complexity index is 620. The maximum absolute atomic E-state index is 12.1. The summed E-state index contributed by atoms with van der Waals surface area (Å²) in [4.78, 5) is 24.3. The van der Waals surface area contributed by atoms with Gasteiger partial charge in [-0.15, -0.1) is 11.3 Å². The highest BCUT2D eigenvalue weighted by Crippen LogP contribution is 2.35. The molecular weight excluding hydrogens is 296 g/mol. The number of amides is 2. The normalized spacial score (nSPS) is 20.9. The molecule has 3 N–H and O–H groups in total. The highest BCUT2D eigenvalue weighted by Gasteiger charge is 2.29. The Morgan fingerprint density at radius 3 is 3.05 bits per heavy atom. The first-order valence-electron chi connectivity index (χ1n) is 6.18. The van der Waals surface area contributed by atoms with Crippen molar-refractivity contribution >= 4 is 39.2 Å². The average Bonchev–Trinajstić information content (AvgIpc) is 3.01. The average molecular weight is 308 g/mol. The van der Waals surface area contributed by atoms with Gasteiger partial charge in [0, 0.05) is 17.2 Å². The lowest BCUT2D eigenvalue weighted by atomic mass is 10.1. The van der Waals surface area contributed by atoms with Crippen molar-refractivity contribution in [1.29, 1.82) is 5.26 Å². The van der Waals surface area contributed by atoms with Crippen LogP contribution in [-0.4, -0.2) is 29.5 Å². The van der Waals surface area contributed by atoms with E-state index in [9.17, 15) is 14.9 Å². The minimum Gasteiger partial charge on any atom is -0.334 e. The van der Waals surface area contributed by atoms with Gasteiger partial charge in [0.25, 0.3) is 5.24 Å². The number of nitrogens with one attached hydrogen (secondary N) is 3. The molecule has 2 aliphatic heterocycles. The molecule has 1 aromatic heterocycles. The van der Waals surface area contributed by atoms with Gasteiger partial charge < -0.3 is 16.0 Å². The van der Waals surface area contributed by atoms with Gasteiger partial charge in [-0.1, -0.05) is 11.8 Å². The van der Waals surface area contributed by atoms with Crippen LogP contribution in [0.15, 0.2) is 0 Å². The molecular formula is C12H12N4O2S2. The lowest BCUT2D eigenvalue weighted by Crippen LogP contribution is -2.38. The number of fused-ring (bicyclic) bond motifs is 1. The van der Waals surface area contributed by atoms with Crippen LogP contribution in [0.1, 0.15) is 16.0 Å². The second-order valence-corrected chi connectivity index (χ2v) is 6.63. The Hall–Kier alpha value is -1.56. The minimum atomic E-state index is -0.517. The quantitative estimate of drug-likeness (QED) is 0.758. The van der Waals surface area contributed by atoms with Gasteiger partial charge in [0.1, 0.15) is 17.1 Å². The number of rotatable bonds is 2. The lowest BCUT2D eigenvalue weighted by molar-refractivity contribution is -0.117. The summed E-state index contributed by atoms with van der Waals surface area (Å²) in [7, 11) is 0. The van der Waals surface area contributed by atoms with Gasteiger partial charge in [-0.05, 0) is 18.5 Å². The zero-order chi connectivity index (χ0) is 14.1. The van der Waals surface area contributed by atoms with Crippen molar-refractivity contribution in [2.24, 2.45) is 0 Å². The molecule has 1 fully saturated rings. The largest absolute Gasteiger partial charge is 0.334 e. The SMILES string of the molecule is N#Cc1c(NC(=O)C2CSC(=O)N2)sc2c1CCNC2. The van der Waals surface area contributed by atoms with E-state index in [1.807, 2.05) is 0 Å². The van der Waals surface area contributed by atoms with Crippen molar-refractivity contribution in [2.75, 3.05) is 17.6 Å². The van der Waals surface area contributed by atoms with Crippen LogP contribution in [-0.2, 0) is 17.8 Å². The smallest absolute Gasteiger partial charge is 0.279 e. The van der Waals surface area contributed by atoms with Crippen LogP contribution in [0.25, 0.3) is 0 Å². The highest BCUT2D eigenvalue weighted by atomic mass is 32.2.